The Kier molecular flexibility index (Phi) is 7.73. The zero-order valence-electron chi connectivity index (χ0n) is 20.5. The average Bonchev–Trinajstić information content (AvgIpc) is 2.87. The second kappa shape index (κ2) is 10.8. The quantitative estimate of drug-likeness (QED) is 0.395. The van der Waals surface area contributed by atoms with E-state index in [1.165, 1.54) is 14.2 Å². The number of methoxy groups -OCH3 is 2. The van der Waals surface area contributed by atoms with Crippen LogP contribution in [-0.2, 0) is 23.8 Å². The third-order valence-electron chi connectivity index (χ3n) is 6.82. The number of hydrogen-bond acceptors (Lipinski definition) is 4. The Labute approximate surface area is 212 Å². The van der Waals surface area contributed by atoms with E-state index in [0.29, 0.717) is 30.0 Å². The molecular weight excluding hydrogens is 488 g/mol. The number of primary amides is 1. The first-order valence-electron chi connectivity index (χ1n) is 11.8. The molecule has 0 aliphatic carbocycles. The van der Waals surface area contributed by atoms with Gasteiger partial charge in [0.05, 0.1) is 19.8 Å². The van der Waals surface area contributed by atoms with Crippen molar-refractivity contribution in [3.05, 3.63) is 94.3 Å². The highest BCUT2D eigenvalue weighted by Gasteiger charge is 2.37. The zero-order valence-corrected chi connectivity index (χ0v) is 20.5. The Bertz CT molecular complexity index is 1260. The topological polar surface area (TPSA) is 64.8 Å². The molecule has 0 radical (unpaired) electrons. The Morgan fingerprint density at radius 3 is 2.35 bits per heavy atom. The molecule has 0 spiro atoms. The van der Waals surface area contributed by atoms with Crippen LogP contribution in [-0.4, -0.2) is 31.6 Å². The van der Waals surface area contributed by atoms with Crippen LogP contribution in [0.2, 0.25) is 0 Å². The summed E-state index contributed by atoms with van der Waals surface area (Å²) in [5.41, 5.74) is 7.41. The van der Waals surface area contributed by atoms with Gasteiger partial charge in [0.2, 0.25) is 5.91 Å². The van der Waals surface area contributed by atoms with Gasteiger partial charge in [0, 0.05) is 12.6 Å². The number of ether oxygens (including phenoxy) is 2. The van der Waals surface area contributed by atoms with Crippen molar-refractivity contribution in [3.63, 3.8) is 0 Å². The summed E-state index contributed by atoms with van der Waals surface area (Å²) in [6.07, 6.45) is -3.73. The summed E-state index contributed by atoms with van der Waals surface area (Å²) in [4.78, 5) is 14.7. The van der Waals surface area contributed by atoms with Crippen molar-refractivity contribution in [1.29, 1.82) is 0 Å². The van der Waals surface area contributed by atoms with Crippen molar-refractivity contribution in [1.82, 2.24) is 4.90 Å². The van der Waals surface area contributed by atoms with Crippen molar-refractivity contribution in [2.75, 3.05) is 20.8 Å². The molecule has 1 aliphatic rings. The lowest BCUT2D eigenvalue weighted by Crippen LogP contribution is -2.44. The second-order valence-electron chi connectivity index (χ2n) is 8.97. The number of alkyl halides is 3. The maximum atomic E-state index is 14.6. The number of hydrogen-bond donors (Lipinski definition) is 1. The first kappa shape index (κ1) is 26.5. The SMILES string of the molecule is COc1cc2c(cc1OC)C(CCc1cc(C(F)(F)F)ccc1F)N(C(C(N)=O)c1ccccc1)CC2. The van der Waals surface area contributed by atoms with E-state index in [2.05, 4.69) is 0 Å². The molecule has 3 aromatic rings. The lowest BCUT2D eigenvalue weighted by molar-refractivity contribution is -0.137. The smallest absolute Gasteiger partial charge is 0.416 e. The molecule has 0 saturated heterocycles. The van der Waals surface area contributed by atoms with Gasteiger partial charge in [0.25, 0.3) is 0 Å². The van der Waals surface area contributed by atoms with Gasteiger partial charge >= 0.3 is 6.18 Å². The predicted octanol–water partition coefficient (Wildman–Crippen LogP) is 5.62. The van der Waals surface area contributed by atoms with Gasteiger partial charge in [0.15, 0.2) is 11.5 Å². The van der Waals surface area contributed by atoms with Gasteiger partial charge in [0.1, 0.15) is 11.9 Å². The molecule has 9 heteroatoms. The van der Waals surface area contributed by atoms with Crippen LogP contribution in [0.1, 0.15) is 46.3 Å². The summed E-state index contributed by atoms with van der Waals surface area (Å²) in [6.45, 7) is 0.459. The number of carbonyl (C=O) groups is 1. The number of nitrogens with zero attached hydrogens (tertiary/aromatic N) is 1. The minimum absolute atomic E-state index is 0.0188. The molecule has 0 fully saturated rings. The molecule has 0 bridgehead atoms. The summed E-state index contributed by atoms with van der Waals surface area (Å²) in [7, 11) is 3.04. The van der Waals surface area contributed by atoms with Gasteiger partial charge in [-0.2, -0.15) is 13.2 Å². The standard InChI is InChI=1S/C28H28F4N2O3/c1-36-24-15-18-12-13-34(26(27(33)35)17-6-4-3-5-7-17)23(21(18)16-25(24)37-2)11-8-19-14-20(28(30,31)32)9-10-22(19)29/h3-7,9-10,14-16,23,26H,8,11-13H2,1-2H3,(H2,33,35). The summed E-state index contributed by atoms with van der Waals surface area (Å²) >= 11 is 0. The molecule has 2 unspecified atom stereocenters. The van der Waals surface area contributed by atoms with Gasteiger partial charge in [-0.3, -0.25) is 9.69 Å². The monoisotopic (exact) mass is 516 g/mol. The fourth-order valence-corrected chi connectivity index (χ4v) is 5.07. The van der Waals surface area contributed by atoms with Crippen LogP contribution in [0.25, 0.3) is 0 Å². The van der Waals surface area contributed by atoms with Crippen LogP contribution < -0.4 is 15.2 Å². The summed E-state index contributed by atoms with van der Waals surface area (Å²) < 4.78 is 65.4. The molecule has 0 aromatic heterocycles. The number of nitrogens with two attached hydrogens (primary N) is 1. The number of amides is 1. The first-order valence-corrected chi connectivity index (χ1v) is 11.8. The van der Waals surface area contributed by atoms with E-state index in [1.54, 1.807) is 0 Å². The molecule has 5 nitrogen and oxygen atoms in total. The van der Waals surface area contributed by atoms with Crippen LogP contribution in [0, 0.1) is 5.82 Å². The number of carbonyl (C=O) groups excluding carboxylic acids is 1. The first-order chi connectivity index (χ1) is 17.6. The zero-order chi connectivity index (χ0) is 26.7. The van der Waals surface area contributed by atoms with Gasteiger partial charge in [-0.25, -0.2) is 4.39 Å². The van der Waals surface area contributed by atoms with Crippen LogP contribution in [0.4, 0.5) is 17.6 Å². The molecule has 0 saturated carbocycles. The van der Waals surface area contributed by atoms with E-state index < -0.39 is 35.5 Å². The van der Waals surface area contributed by atoms with Gasteiger partial charge in [-0.15, -0.1) is 0 Å². The van der Waals surface area contributed by atoms with E-state index in [0.717, 1.165) is 29.3 Å². The molecule has 4 rings (SSSR count). The fourth-order valence-electron chi connectivity index (χ4n) is 5.07. The van der Waals surface area contributed by atoms with Crippen molar-refractivity contribution < 1.29 is 31.8 Å². The Balaban J connectivity index is 1.77. The average molecular weight is 517 g/mol. The third kappa shape index (κ3) is 5.56. The largest absolute Gasteiger partial charge is 0.493 e. The van der Waals surface area contributed by atoms with E-state index >= 15 is 0 Å². The predicted molar refractivity (Wildman–Crippen MR) is 131 cm³/mol. The number of benzene rings is 3. The number of rotatable bonds is 8. The molecule has 1 aliphatic heterocycles. The van der Waals surface area contributed by atoms with Crippen molar-refractivity contribution in [2.24, 2.45) is 5.73 Å². The van der Waals surface area contributed by atoms with E-state index in [-0.39, 0.29) is 18.4 Å². The molecule has 1 heterocycles. The number of aryl methyl sites for hydroxylation is 1. The van der Waals surface area contributed by atoms with Crippen molar-refractivity contribution in [3.8, 4) is 11.5 Å². The molecule has 37 heavy (non-hydrogen) atoms. The summed E-state index contributed by atoms with van der Waals surface area (Å²) in [5, 5.41) is 0. The summed E-state index contributed by atoms with van der Waals surface area (Å²) in [6, 6.07) is 13.9. The van der Waals surface area contributed by atoms with Gasteiger partial charge in [-0.05, 0) is 71.8 Å². The maximum absolute atomic E-state index is 14.6. The molecule has 2 N–H and O–H groups in total. The Morgan fingerprint density at radius 2 is 1.73 bits per heavy atom. The third-order valence-corrected chi connectivity index (χ3v) is 6.82. The van der Waals surface area contributed by atoms with Crippen LogP contribution >= 0.6 is 0 Å². The minimum Gasteiger partial charge on any atom is -0.493 e. The highest BCUT2D eigenvalue weighted by atomic mass is 19.4. The number of halogens is 4. The number of fused-ring (bicyclic) bond motifs is 1. The van der Waals surface area contributed by atoms with Crippen LogP contribution in [0.15, 0.2) is 60.7 Å². The second-order valence-corrected chi connectivity index (χ2v) is 8.97. The van der Waals surface area contributed by atoms with E-state index in [9.17, 15) is 22.4 Å². The molecule has 1 amide bonds. The molecule has 196 valence electrons. The van der Waals surface area contributed by atoms with Crippen LogP contribution in [0.5, 0.6) is 11.5 Å². The highest BCUT2D eigenvalue weighted by Crippen LogP contribution is 2.43. The Morgan fingerprint density at radius 1 is 1.05 bits per heavy atom. The van der Waals surface area contributed by atoms with Gasteiger partial charge in [-0.1, -0.05) is 30.3 Å². The lowest BCUT2D eigenvalue weighted by Gasteiger charge is -2.41. The van der Waals surface area contributed by atoms with Crippen molar-refractivity contribution in [2.45, 2.75) is 37.5 Å². The molecular formula is C28H28F4N2O3. The van der Waals surface area contributed by atoms with E-state index in [1.807, 2.05) is 47.4 Å². The van der Waals surface area contributed by atoms with E-state index in [4.69, 9.17) is 15.2 Å². The highest BCUT2D eigenvalue weighted by molar-refractivity contribution is 5.81. The van der Waals surface area contributed by atoms with Crippen molar-refractivity contribution >= 4 is 5.91 Å². The molecule has 3 aromatic carbocycles. The maximum Gasteiger partial charge on any atom is 0.416 e. The fraction of sp³-hybridized carbons (Fsp3) is 0.321. The lowest BCUT2D eigenvalue weighted by atomic mass is 9.86. The van der Waals surface area contributed by atoms with Gasteiger partial charge < -0.3 is 15.2 Å². The van der Waals surface area contributed by atoms with Crippen LogP contribution in [0.3, 0.4) is 0 Å². The minimum atomic E-state index is -4.58. The Hall–Kier alpha value is -3.59. The summed E-state index contributed by atoms with van der Waals surface area (Å²) in [5.74, 6) is -0.233. The molecule has 2 atom stereocenters. The normalized spacial score (nSPS) is 16.6.